The molecule has 0 saturated carbocycles. The van der Waals surface area contributed by atoms with Crippen LogP contribution in [0, 0.1) is 18.3 Å². The summed E-state index contributed by atoms with van der Waals surface area (Å²) < 4.78 is 5.29. The molecule has 0 bridgehead atoms. The number of rotatable bonds is 2. The predicted octanol–water partition coefficient (Wildman–Crippen LogP) is 0.882. The van der Waals surface area contributed by atoms with E-state index < -0.39 is 0 Å². The van der Waals surface area contributed by atoms with Gasteiger partial charge in [0.1, 0.15) is 11.8 Å². The second-order valence-electron chi connectivity index (χ2n) is 3.90. The SMILES string of the molecule is COC1CCN(c2nc(C)cc(C#N)n2)C1. The normalized spacial score (nSPS) is 19.8. The van der Waals surface area contributed by atoms with E-state index in [9.17, 15) is 0 Å². The third-order valence-electron chi connectivity index (χ3n) is 2.72. The van der Waals surface area contributed by atoms with Crippen molar-refractivity contribution in [3.63, 3.8) is 0 Å². The summed E-state index contributed by atoms with van der Waals surface area (Å²) in [5, 5.41) is 8.84. The van der Waals surface area contributed by atoms with Gasteiger partial charge in [-0.25, -0.2) is 9.97 Å². The molecule has 5 nitrogen and oxygen atoms in total. The highest BCUT2D eigenvalue weighted by molar-refractivity contribution is 5.37. The molecule has 1 aliphatic heterocycles. The molecule has 1 fully saturated rings. The van der Waals surface area contributed by atoms with E-state index in [0.717, 1.165) is 25.2 Å². The maximum absolute atomic E-state index is 8.84. The third-order valence-corrected chi connectivity index (χ3v) is 2.72. The molecule has 16 heavy (non-hydrogen) atoms. The molecule has 1 atom stereocenters. The predicted molar refractivity (Wildman–Crippen MR) is 59.1 cm³/mol. The number of aryl methyl sites for hydroxylation is 1. The van der Waals surface area contributed by atoms with Gasteiger partial charge in [-0.05, 0) is 19.4 Å². The molecule has 0 aliphatic carbocycles. The number of aromatic nitrogens is 2. The molecule has 1 aliphatic rings. The van der Waals surface area contributed by atoms with Crippen molar-refractivity contribution in [3.8, 4) is 6.07 Å². The second-order valence-corrected chi connectivity index (χ2v) is 3.90. The minimum atomic E-state index is 0.245. The molecule has 0 radical (unpaired) electrons. The summed E-state index contributed by atoms with van der Waals surface area (Å²) >= 11 is 0. The lowest BCUT2D eigenvalue weighted by Gasteiger charge is -2.16. The number of methoxy groups -OCH3 is 1. The van der Waals surface area contributed by atoms with E-state index in [1.54, 1.807) is 13.2 Å². The first-order chi connectivity index (χ1) is 7.72. The number of hydrogen-bond acceptors (Lipinski definition) is 5. The van der Waals surface area contributed by atoms with Gasteiger partial charge in [0.15, 0.2) is 0 Å². The van der Waals surface area contributed by atoms with E-state index in [4.69, 9.17) is 10.00 Å². The topological polar surface area (TPSA) is 62.0 Å². The molecule has 1 aromatic heterocycles. The molecule has 0 amide bonds. The van der Waals surface area contributed by atoms with Crippen LogP contribution in [-0.2, 0) is 4.74 Å². The average Bonchev–Trinajstić information content (AvgIpc) is 2.76. The van der Waals surface area contributed by atoms with E-state index in [1.807, 2.05) is 13.0 Å². The van der Waals surface area contributed by atoms with Crippen molar-refractivity contribution in [1.29, 1.82) is 5.26 Å². The zero-order valence-electron chi connectivity index (χ0n) is 9.47. The minimum absolute atomic E-state index is 0.245. The van der Waals surface area contributed by atoms with Crippen LogP contribution >= 0.6 is 0 Å². The maximum Gasteiger partial charge on any atom is 0.226 e. The van der Waals surface area contributed by atoms with Gasteiger partial charge in [-0.2, -0.15) is 5.26 Å². The first kappa shape index (κ1) is 10.8. The highest BCUT2D eigenvalue weighted by atomic mass is 16.5. The molecule has 0 N–H and O–H groups in total. The van der Waals surface area contributed by atoms with Gasteiger partial charge in [0.2, 0.25) is 5.95 Å². The van der Waals surface area contributed by atoms with Gasteiger partial charge in [0, 0.05) is 25.9 Å². The average molecular weight is 218 g/mol. The fourth-order valence-electron chi connectivity index (χ4n) is 1.85. The lowest BCUT2D eigenvalue weighted by molar-refractivity contribution is 0.121. The summed E-state index contributed by atoms with van der Waals surface area (Å²) in [7, 11) is 1.71. The molecule has 84 valence electrons. The molecule has 2 rings (SSSR count). The smallest absolute Gasteiger partial charge is 0.226 e. The van der Waals surface area contributed by atoms with Crippen LogP contribution in [0.4, 0.5) is 5.95 Å². The van der Waals surface area contributed by atoms with E-state index in [-0.39, 0.29) is 6.10 Å². The zero-order chi connectivity index (χ0) is 11.5. The van der Waals surface area contributed by atoms with Crippen molar-refractivity contribution in [3.05, 3.63) is 17.5 Å². The Hall–Kier alpha value is -1.67. The molecule has 0 spiro atoms. The molecule has 1 saturated heterocycles. The summed E-state index contributed by atoms with van der Waals surface area (Å²) in [6.07, 6.45) is 1.23. The standard InChI is InChI=1S/C11H14N4O/c1-8-5-9(6-12)14-11(13-8)15-4-3-10(7-15)16-2/h5,10H,3-4,7H2,1-2H3. The van der Waals surface area contributed by atoms with Gasteiger partial charge in [0.05, 0.1) is 6.10 Å². The van der Waals surface area contributed by atoms with Crippen LogP contribution in [0.25, 0.3) is 0 Å². The van der Waals surface area contributed by atoms with Crippen LogP contribution in [0.1, 0.15) is 17.8 Å². The molecular weight excluding hydrogens is 204 g/mol. The van der Waals surface area contributed by atoms with E-state index in [2.05, 4.69) is 14.9 Å². The summed E-state index contributed by atoms with van der Waals surface area (Å²) in [5.74, 6) is 0.635. The third kappa shape index (κ3) is 2.12. The van der Waals surface area contributed by atoms with Gasteiger partial charge in [0.25, 0.3) is 0 Å². The van der Waals surface area contributed by atoms with Crippen LogP contribution in [0.2, 0.25) is 0 Å². The van der Waals surface area contributed by atoms with Crippen molar-refractivity contribution >= 4 is 5.95 Å². The summed E-state index contributed by atoms with van der Waals surface area (Å²) in [6, 6.07) is 3.74. The molecule has 1 aromatic rings. The Morgan fingerprint density at radius 2 is 2.38 bits per heavy atom. The number of hydrogen-bond donors (Lipinski definition) is 0. The van der Waals surface area contributed by atoms with Crippen molar-refractivity contribution in [2.24, 2.45) is 0 Å². The Labute approximate surface area is 94.7 Å². The van der Waals surface area contributed by atoms with Gasteiger partial charge >= 0.3 is 0 Å². The van der Waals surface area contributed by atoms with Crippen LogP contribution in [0.5, 0.6) is 0 Å². The zero-order valence-corrected chi connectivity index (χ0v) is 9.47. The molecule has 5 heteroatoms. The fraction of sp³-hybridized carbons (Fsp3) is 0.545. The van der Waals surface area contributed by atoms with Crippen LogP contribution in [0.3, 0.4) is 0 Å². The minimum Gasteiger partial charge on any atom is -0.380 e. The number of ether oxygens (including phenoxy) is 1. The van der Waals surface area contributed by atoms with Gasteiger partial charge in [-0.3, -0.25) is 0 Å². The Morgan fingerprint density at radius 3 is 3.00 bits per heavy atom. The number of nitrogens with zero attached hydrogens (tertiary/aromatic N) is 4. The van der Waals surface area contributed by atoms with Crippen LogP contribution < -0.4 is 4.90 Å². The molecule has 0 aromatic carbocycles. The highest BCUT2D eigenvalue weighted by Crippen LogP contribution is 2.18. The van der Waals surface area contributed by atoms with Gasteiger partial charge in [-0.15, -0.1) is 0 Å². The first-order valence-corrected chi connectivity index (χ1v) is 5.26. The lowest BCUT2D eigenvalue weighted by atomic mass is 10.3. The number of anilines is 1. The fourth-order valence-corrected chi connectivity index (χ4v) is 1.85. The quantitative estimate of drug-likeness (QED) is 0.737. The Bertz CT molecular complexity index is 426. The summed E-state index contributed by atoms with van der Waals surface area (Å²) in [6.45, 7) is 3.55. The molecule has 2 heterocycles. The largest absolute Gasteiger partial charge is 0.380 e. The Kier molecular flexibility index (Phi) is 3.02. The molecular formula is C11H14N4O. The summed E-state index contributed by atoms with van der Waals surface area (Å²) in [4.78, 5) is 10.6. The Balaban J connectivity index is 2.21. The van der Waals surface area contributed by atoms with Crippen LogP contribution in [0.15, 0.2) is 6.07 Å². The van der Waals surface area contributed by atoms with Gasteiger partial charge in [-0.1, -0.05) is 0 Å². The Morgan fingerprint density at radius 1 is 1.56 bits per heavy atom. The summed E-state index contributed by atoms with van der Waals surface area (Å²) in [5.41, 5.74) is 1.24. The second kappa shape index (κ2) is 4.45. The maximum atomic E-state index is 8.84. The first-order valence-electron chi connectivity index (χ1n) is 5.26. The van der Waals surface area contributed by atoms with Crippen molar-refractivity contribution in [2.45, 2.75) is 19.4 Å². The van der Waals surface area contributed by atoms with Gasteiger partial charge < -0.3 is 9.64 Å². The van der Waals surface area contributed by atoms with Crippen LogP contribution in [-0.4, -0.2) is 36.3 Å². The monoisotopic (exact) mass is 218 g/mol. The lowest BCUT2D eigenvalue weighted by Crippen LogP contribution is -2.24. The molecule has 1 unspecified atom stereocenters. The highest BCUT2D eigenvalue weighted by Gasteiger charge is 2.24. The van der Waals surface area contributed by atoms with E-state index >= 15 is 0 Å². The van der Waals surface area contributed by atoms with E-state index in [1.165, 1.54) is 0 Å². The number of nitriles is 1. The van der Waals surface area contributed by atoms with Crippen molar-refractivity contribution in [2.75, 3.05) is 25.1 Å². The van der Waals surface area contributed by atoms with E-state index in [0.29, 0.717) is 11.6 Å². The van der Waals surface area contributed by atoms with Crippen molar-refractivity contribution in [1.82, 2.24) is 9.97 Å². The van der Waals surface area contributed by atoms with Crippen molar-refractivity contribution < 1.29 is 4.74 Å².